The van der Waals surface area contributed by atoms with E-state index in [1.54, 1.807) is 0 Å². The SMILES string of the molecule is CCCCn1c(N)c(N(Cc2ccccc2)C(=O)CN2CCC[C@H]3CCCC[C@H]32)c(=O)[nH]c1=O. The summed E-state index contributed by atoms with van der Waals surface area (Å²) in [5.74, 6) is 0.552. The van der Waals surface area contributed by atoms with Gasteiger partial charge in [-0.15, -0.1) is 0 Å². The third-order valence-electron chi connectivity index (χ3n) is 7.40. The second-order valence-corrected chi connectivity index (χ2v) is 9.69. The van der Waals surface area contributed by atoms with Gasteiger partial charge in [-0.3, -0.25) is 28.9 Å². The molecule has 184 valence electrons. The van der Waals surface area contributed by atoms with Gasteiger partial charge < -0.3 is 5.73 Å². The molecule has 2 atom stereocenters. The maximum absolute atomic E-state index is 13.8. The number of nitrogens with zero attached hydrogens (tertiary/aromatic N) is 3. The van der Waals surface area contributed by atoms with E-state index in [1.807, 2.05) is 37.3 Å². The van der Waals surface area contributed by atoms with Crippen molar-refractivity contribution in [2.45, 2.75) is 77.4 Å². The van der Waals surface area contributed by atoms with Crippen molar-refractivity contribution >= 4 is 17.4 Å². The second kappa shape index (κ2) is 11.0. The Hall–Kier alpha value is -2.87. The number of nitrogens with one attached hydrogen (secondary N) is 1. The van der Waals surface area contributed by atoms with Crippen LogP contribution in [0.15, 0.2) is 39.9 Å². The number of unbranched alkanes of at least 4 members (excludes halogenated alkanes) is 1. The molecule has 1 aliphatic heterocycles. The predicted octanol–water partition coefficient (Wildman–Crippen LogP) is 3.11. The van der Waals surface area contributed by atoms with Crippen molar-refractivity contribution in [2.75, 3.05) is 23.7 Å². The molecule has 1 saturated carbocycles. The highest BCUT2D eigenvalue weighted by molar-refractivity contribution is 5.96. The molecule has 1 saturated heterocycles. The number of nitrogen functional groups attached to an aromatic ring is 1. The van der Waals surface area contributed by atoms with E-state index in [0.29, 0.717) is 18.5 Å². The highest BCUT2D eigenvalue weighted by atomic mass is 16.2. The molecule has 3 N–H and O–H groups in total. The Kier molecular flexibility index (Phi) is 7.88. The van der Waals surface area contributed by atoms with Crippen molar-refractivity contribution < 1.29 is 4.79 Å². The van der Waals surface area contributed by atoms with Gasteiger partial charge in [0, 0.05) is 12.6 Å². The third kappa shape index (κ3) is 5.27. The number of piperidine rings is 1. The quantitative estimate of drug-likeness (QED) is 0.621. The maximum Gasteiger partial charge on any atom is 0.330 e. The van der Waals surface area contributed by atoms with Crippen molar-refractivity contribution in [1.29, 1.82) is 0 Å². The number of aromatic amines is 1. The average Bonchev–Trinajstić information content (AvgIpc) is 2.84. The number of nitrogens with two attached hydrogens (primary N) is 1. The van der Waals surface area contributed by atoms with E-state index in [0.717, 1.165) is 37.8 Å². The van der Waals surface area contributed by atoms with Gasteiger partial charge in [0.1, 0.15) is 5.82 Å². The lowest BCUT2D eigenvalue weighted by Crippen LogP contribution is -2.52. The van der Waals surface area contributed by atoms with Crippen LogP contribution in [0.3, 0.4) is 0 Å². The minimum atomic E-state index is -0.617. The molecule has 2 aromatic rings. The van der Waals surface area contributed by atoms with Crippen LogP contribution < -0.4 is 21.9 Å². The number of carbonyl (C=O) groups excluding carboxylic acids is 1. The third-order valence-corrected chi connectivity index (χ3v) is 7.40. The van der Waals surface area contributed by atoms with Crippen molar-refractivity contribution in [3.8, 4) is 0 Å². The number of benzene rings is 1. The van der Waals surface area contributed by atoms with Gasteiger partial charge in [-0.25, -0.2) is 4.79 Å². The van der Waals surface area contributed by atoms with Crippen molar-refractivity contribution in [2.24, 2.45) is 5.92 Å². The van der Waals surface area contributed by atoms with Gasteiger partial charge in [-0.05, 0) is 50.1 Å². The highest BCUT2D eigenvalue weighted by Crippen LogP contribution is 2.35. The number of hydrogen-bond donors (Lipinski definition) is 2. The van der Waals surface area contributed by atoms with E-state index >= 15 is 0 Å². The van der Waals surface area contributed by atoms with E-state index in [1.165, 1.54) is 35.2 Å². The minimum absolute atomic E-state index is 0.0562. The first-order chi connectivity index (χ1) is 16.5. The summed E-state index contributed by atoms with van der Waals surface area (Å²) in [6, 6.07) is 10.0. The van der Waals surface area contributed by atoms with Crippen LogP contribution in [0.1, 0.15) is 63.9 Å². The van der Waals surface area contributed by atoms with Gasteiger partial charge in [0.15, 0.2) is 5.69 Å². The molecule has 1 amide bonds. The Bertz CT molecular complexity index is 1090. The number of fused-ring (bicyclic) bond motifs is 1. The van der Waals surface area contributed by atoms with Crippen LogP contribution in [0.5, 0.6) is 0 Å². The van der Waals surface area contributed by atoms with Gasteiger partial charge in [0.25, 0.3) is 5.56 Å². The van der Waals surface area contributed by atoms with E-state index < -0.39 is 11.2 Å². The number of carbonyl (C=O) groups is 1. The first-order valence-electron chi connectivity index (χ1n) is 12.7. The van der Waals surface area contributed by atoms with Crippen molar-refractivity contribution in [3.05, 3.63) is 56.7 Å². The molecule has 0 spiro atoms. The average molecular weight is 468 g/mol. The van der Waals surface area contributed by atoms with Gasteiger partial charge in [0.2, 0.25) is 5.91 Å². The molecule has 34 heavy (non-hydrogen) atoms. The maximum atomic E-state index is 13.8. The fourth-order valence-corrected chi connectivity index (χ4v) is 5.62. The van der Waals surface area contributed by atoms with E-state index in [2.05, 4.69) is 9.88 Å². The van der Waals surface area contributed by atoms with Crippen LogP contribution in [0.2, 0.25) is 0 Å². The van der Waals surface area contributed by atoms with Crippen LogP contribution in [0.4, 0.5) is 11.5 Å². The van der Waals surface area contributed by atoms with Crippen LogP contribution in [0.25, 0.3) is 0 Å². The van der Waals surface area contributed by atoms with Crippen LogP contribution >= 0.6 is 0 Å². The smallest absolute Gasteiger partial charge is 0.330 e. The number of likely N-dealkylation sites (tertiary alicyclic amines) is 1. The molecule has 8 nitrogen and oxygen atoms in total. The molecule has 0 radical (unpaired) electrons. The number of hydrogen-bond acceptors (Lipinski definition) is 5. The monoisotopic (exact) mass is 467 g/mol. The number of anilines is 2. The summed E-state index contributed by atoms with van der Waals surface area (Å²) in [5, 5.41) is 0. The normalized spacial score (nSPS) is 20.6. The molecular weight excluding hydrogens is 430 g/mol. The molecule has 4 rings (SSSR count). The molecule has 1 aliphatic carbocycles. The molecule has 0 bridgehead atoms. The van der Waals surface area contributed by atoms with Gasteiger partial charge >= 0.3 is 5.69 Å². The highest BCUT2D eigenvalue weighted by Gasteiger charge is 2.35. The lowest BCUT2D eigenvalue weighted by atomic mass is 9.78. The van der Waals surface area contributed by atoms with Crippen LogP contribution in [0, 0.1) is 5.92 Å². The van der Waals surface area contributed by atoms with E-state index in [4.69, 9.17) is 5.73 Å². The summed E-state index contributed by atoms with van der Waals surface area (Å²) in [6.45, 7) is 3.79. The largest absolute Gasteiger partial charge is 0.383 e. The zero-order valence-electron chi connectivity index (χ0n) is 20.2. The number of H-pyrrole nitrogens is 1. The molecule has 0 unspecified atom stereocenters. The first kappa shape index (κ1) is 24.3. The fraction of sp³-hybridized carbons (Fsp3) is 0.577. The number of aromatic nitrogens is 2. The topological polar surface area (TPSA) is 104 Å². The molecule has 2 heterocycles. The second-order valence-electron chi connectivity index (χ2n) is 9.69. The summed E-state index contributed by atoms with van der Waals surface area (Å²) in [7, 11) is 0. The van der Waals surface area contributed by atoms with Crippen LogP contribution in [-0.4, -0.2) is 39.5 Å². The summed E-state index contributed by atoms with van der Waals surface area (Å²) in [6.07, 6.45) is 8.79. The lowest BCUT2D eigenvalue weighted by Gasteiger charge is -2.44. The zero-order valence-corrected chi connectivity index (χ0v) is 20.2. The fourth-order valence-electron chi connectivity index (χ4n) is 5.62. The summed E-state index contributed by atoms with van der Waals surface area (Å²) >= 11 is 0. The predicted molar refractivity (Wildman–Crippen MR) is 135 cm³/mol. The molecule has 2 fully saturated rings. The Morgan fingerprint density at radius 1 is 1.12 bits per heavy atom. The Labute approximate surface area is 200 Å². The standard InChI is InChI=1S/C26H37N5O3/c1-2-3-16-30-24(27)23(25(33)28-26(30)34)31(17-19-10-5-4-6-11-19)22(32)18-29-15-9-13-20-12-7-8-14-21(20)29/h4-6,10-11,20-21H,2-3,7-9,12-18,27H2,1H3,(H,28,33,34)/t20-,21-/m1/s1. The van der Waals surface area contributed by atoms with Gasteiger partial charge in [-0.2, -0.15) is 0 Å². The van der Waals surface area contributed by atoms with E-state index in [9.17, 15) is 14.4 Å². The van der Waals surface area contributed by atoms with E-state index in [-0.39, 0.29) is 30.5 Å². The Morgan fingerprint density at radius 2 is 1.85 bits per heavy atom. The Morgan fingerprint density at radius 3 is 2.62 bits per heavy atom. The molecule has 8 heteroatoms. The minimum Gasteiger partial charge on any atom is -0.383 e. The summed E-state index contributed by atoms with van der Waals surface area (Å²) in [4.78, 5) is 45.4. The number of rotatable bonds is 8. The summed E-state index contributed by atoms with van der Waals surface area (Å²) < 4.78 is 1.38. The van der Waals surface area contributed by atoms with Crippen LogP contribution in [-0.2, 0) is 17.9 Å². The number of amides is 1. The lowest BCUT2D eigenvalue weighted by molar-refractivity contribution is -0.121. The molecule has 2 aliphatic rings. The van der Waals surface area contributed by atoms with Gasteiger partial charge in [0.05, 0.1) is 13.1 Å². The molecule has 1 aromatic carbocycles. The van der Waals surface area contributed by atoms with Crippen molar-refractivity contribution in [3.63, 3.8) is 0 Å². The first-order valence-corrected chi connectivity index (χ1v) is 12.7. The van der Waals surface area contributed by atoms with Gasteiger partial charge in [-0.1, -0.05) is 56.5 Å². The van der Waals surface area contributed by atoms with Crippen molar-refractivity contribution in [1.82, 2.24) is 14.5 Å². The molecular formula is C26H37N5O3. The summed E-state index contributed by atoms with van der Waals surface area (Å²) in [5.41, 5.74) is 6.21. The Balaban J connectivity index is 1.68. The molecule has 1 aromatic heterocycles. The zero-order chi connectivity index (χ0) is 24.1.